The van der Waals surface area contributed by atoms with Crippen molar-refractivity contribution in [1.82, 2.24) is 0 Å². The van der Waals surface area contributed by atoms with Crippen LogP contribution in [0.15, 0.2) is 72.8 Å². The van der Waals surface area contributed by atoms with E-state index in [1.54, 1.807) is 0 Å². The highest BCUT2D eigenvalue weighted by molar-refractivity contribution is 6.99. The topological polar surface area (TPSA) is 47.9 Å². The van der Waals surface area contributed by atoms with Crippen molar-refractivity contribution < 1.29 is 19.0 Å². The minimum absolute atomic E-state index is 0.157. The first-order chi connectivity index (χ1) is 19.5. The van der Waals surface area contributed by atoms with Crippen LogP contribution >= 0.6 is 0 Å². The van der Waals surface area contributed by atoms with Crippen LogP contribution in [0, 0.1) is 5.92 Å². The lowest BCUT2D eigenvalue weighted by molar-refractivity contribution is -0.155. The van der Waals surface area contributed by atoms with E-state index in [9.17, 15) is 5.11 Å². The SMILES string of the molecule is CC(C)CCCCCCCC/C=C/[C@H]1OC(C)(C)O[C@H]1[C@H](O)CO[Si](c1ccccc1)(c1ccccc1)C(C)(C)C. The van der Waals surface area contributed by atoms with Gasteiger partial charge in [0.2, 0.25) is 0 Å². The van der Waals surface area contributed by atoms with Crippen molar-refractivity contribution >= 4 is 18.7 Å². The smallest absolute Gasteiger partial charge is 0.261 e. The second-order valence-corrected chi connectivity index (χ2v) is 17.9. The summed E-state index contributed by atoms with van der Waals surface area (Å²) in [6.07, 6.45) is 12.9. The predicted octanol–water partition coefficient (Wildman–Crippen LogP) is 7.78. The van der Waals surface area contributed by atoms with E-state index in [-0.39, 0.29) is 17.7 Å². The molecule has 0 amide bonds. The van der Waals surface area contributed by atoms with E-state index in [1.807, 2.05) is 26.0 Å². The number of unbranched alkanes of at least 4 members (excludes halogenated alkanes) is 6. The monoisotopic (exact) mass is 580 g/mol. The van der Waals surface area contributed by atoms with E-state index in [4.69, 9.17) is 13.9 Å². The van der Waals surface area contributed by atoms with Gasteiger partial charge in [-0.05, 0) is 48.0 Å². The second-order valence-electron chi connectivity index (χ2n) is 13.6. The van der Waals surface area contributed by atoms with E-state index in [2.05, 4.69) is 95.3 Å². The van der Waals surface area contributed by atoms with E-state index in [0.717, 1.165) is 12.3 Å². The number of hydrogen-bond acceptors (Lipinski definition) is 4. The maximum atomic E-state index is 11.5. The molecule has 228 valence electrons. The highest BCUT2D eigenvalue weighted by Gasteiger charge is 2.51. The zero-order valence-electron chi connectivity index (χ0n) is 26.8. The van der Waals surface area contributed by atoms with Gasteiger partial charge in [-0.1, -0.05) is 146 Å². The lowest BCUT2D eigenvalue weighted by atomic mass is 10.0. The lowest BCUT2D eigenvalue weighted by Gasteiger charge is -2.43. The fraction of sp³-hybridized carbons (Fsp3) is 0.611. The van der Waals surface area contributed by atoms with Gasteiger partial charge in [-0.3, -0.25) is 0 Å². The molecule has 3 atom stereocenters. The van der Waals surface area contributed by atoms with Crippen LogP contribution in [-0.2, 0) is 13.9 Å². The quantitative estimate of drug-likeness (QED) is 0.125. The predicted molar refractivity (Wildman–Crippen MR) is 174 cm³/mol. The van der Waals surface area contributed by atoms with Crippen LogP contribution in [0.2, 0.25) is 5.04 Å². The van der Waals surface area contributed by atoms with Gasteiger partial charge < -0.3 is 19.0 Å². The van der Waals surface area contributed by atoms with Crippen LogP contribution in [0.1, 0.15) is 99.8 Å². The standard InChI is InChI=1S/C36H56O4Si/c1-29(2)22-16-12-10-8-9-11-13-21-27-33-34(40-36(6,7)39-33)32(37)28-38-41(35(3,4)5,30-23-17-14-18-24-30)31-25-19-15-20-26-31/h14-15,17-21,23-27,29,32-34,37H,8-13,16,22,28H2,1-7H3/b27-21+/t32-,33-,34+/m1/s1. The van der Waals surface area contributed by atoms with Crippen molar-refractivity contribution in [1.29, 1.82) is 0 Å². The summed E-state index contributed by atoms with van der Waals surface area (Å²) in [5.74, 6) is 0.0604. The Morgan fingerprint density at radius 1 is 0.854 bits per heavy atom. The Labute approximate surface area is 251 Å². The minimum atomic E-state index is -2.75. The van der Waals surface area contributed by atoms with Crippen LogP contribution in [0.4, 0.5) is 0 Å². The first kappa shape index (κ1) is 33.7. The fourth-order valence-corrected chi connectivity index (χ4v) is 10.7. The van der Waals surface area contributed by atoms with Crippen molar-refractivity contribution in [3.8, 4) is 0 Å². The van der Waals surface area contributed by atoms with Gasteiger partial charge in [0.25, 0.3) is 8.32 Å². The normalized spacial score (nSPS) is 20.2. The number of allylic oxidation sites excluding steroid dienone is 1. The molecule has 2 aromatic rings. The van der Waals surface area contributed by atoms with Gasteiger partial charge in [0.05, 0.1) is 6.61 Å². The molecule has 0 saturated carbocycles. The summed E-state index contributed by atoms with van der Waals surface area (Å²) >= 11 is 0. The summed E-state index contributed by atoms with van der Waals surface area (Å²) in [6, 6.07) is 21.1. The highest BCUT2D eigenvalue weighted by Crippen LogP contribution is 2.38. The van der Waals surface area contributed by atoms with Crippen LogP contribution in [-0.4, -0.2) is 44.1 Å². The summed E-state index contributed by atoms with van der Waals surface area (Å²) in [4.78, 5) is 0. The van der Waals surface area contributed by atoms with E-state index in [0.29, 0.717) is 0 Å². The summed E-state index contributed by atoms with van der Waals surface area (Å²) in [6.45, 7) is 15.4. The van der Waals surface area contributed by atoms with Gasteiger partial charge in [0, 0.05) is 0 Å². The van der Waals surface area contributed by atoms with Gasteiger partial charge in [-0.15, -0.1) is 0 Å². The number of ether oxygens (including phenoxy) is 2. The molecule has 1 aliphatic rings. The van der Waals surface area contributed by atoms with Gasteiger partial charge in [0.15, 0.2) is 5.79 Å². The molecule has 0 spiro atoms. The van der Waals surface area contributed by atoms with Crippen LogP contribution in [0.25, 0.3) is 0 Å². The zero-order chi connectivity index (χ0) is 29.9. The number of hydrogen-bond donors (Lipinski definition) is 1. The number of benzene rings is 2. The molecule has 3 rings (SSSR count). The van der Waals surface area contributed by atoms with Crippen LogP contribution < -0.4 is 10.4 Å². The number of aliphatic hydroxyl groups is 1. The molecule has 0 aliphatic carbocycles. The first-order valence-corrected chi connectivity index (χ1v) is 17.8. The Bertz CT molecular complexity index is 989. The third-order valence-corrected chi connectivity index (χ3v) is 13.2. The lowest BCUT2D eigenvalue weighted by Crippen LogP contribution is -2.67. The molecule has 0 unspecified atom stereocenters. The molecule has 1 saturated heterocycles. The summed E-state index contributed by atoms with van der Waals surface area (Å²) in [5.41, 5.74) is 0. The molecule has 2 aromatic carbocycles. The Morgan fingerprint density at radius 3 is 1.93 bits per heavy atom. The van der Waals surface area contributed by atoms with Crippen molar-refractivity contribution in [2.75, 3.05) is 6.61 Å². The van der Waals surface area contributed by atoms with Crippen LogP contribution in [0.3, 0.4) is 0 Å². The van der Waals surface area contributed by atoms with Crippen molar-refractivity contribution in [3.05, 3.63) is 72.8 Å². The zero-order valence-corrected chi connectivity index (χ0v) is 27.8. The molecular formula is C36H56O4Si. The van der Waals surface area contributed by atoms with Gasteiger partial charge in [-0.2, -0.15) is 0 Å². The molecule has 41 heavy (non-hydrogen) atoms. The van der Waals surface area contributed by atoms with Gasteiger partial charge in [0.1, 0.15) is 18.3 Å². The first-order valence-electron chi connectivity index (χ1n) is 15.9. The minimum Gasteiger partial charge on any atom is -0.405 e. The fourth-order valence-electron chi connectivity index (χ4n) is 6.08. The molecule has 5 heteroatoms. The maximum Gasteiger partial charge on any atom is 0.261 e. The Balaban J connectivity index is 1.64. The summed E-state index contributed by atoms with van der Waals surface area (Å²) in [7, 11) is -2.75. The van der Waals surface area contributed by atoms with Crippen molar-refractivity contribution in [2.45, 2.75) is 129 Å². The third kappa shape index (κ3) is 9.62. The van der Waals surface area contributed by atoms with Gasteiger partial charge in [-0.25, -0.2) is 0 Å². The maximum absolute atomic E-state index is 11.5. The van der Waals surface area contributed by atoms with Crippen molar-refractivity contribution in [2.24, 2.45) is 5.92 Å². The second kappa shape index (κ2) is 15.6. The highest BCUT2D eigenvalue weighted by atomic mass is 28.4. The molecule has 1 heterocycles. The molecule has 1 aliphatic heterocycles. The average molecular weight is 581 g/mol. The van der Waals surface area contributed by atoms with Gasteiger partial charge >= 0.3 is 0 Å². The largest absolute Gasteiger partial charge is 0.405 e. The molecule has 1 fully saturated rings. The third-order valence-electron chi connectivity index (χ3n) is 8.16. The summed E-state index contributed by atoms with van der Waals surface area (Å²) < 4.78 is 19.5. The van der Waals surface area contributed by atoms with E-state index in [1.165, 1.54) is 55.3 Å². The summed E-state index contributed by atoms with van der Waals surface area (Å²) in [5, 5.41) is 13.8. The number of aliphatic hydroxyl groups excluding tert-OH is 1. The van der Waals surface area contributed by atoms with Crippen LogP contribution in [0.5, 0.6) is 0 Å². The number of rotatable bonds is 16. The molecule has 0 bridgehead atoms. The molecule has 4 nitrogen and oxygen atoms in total. The van der Waals surface area contributed by atoms with E-state index < -0.39 is 26.3 Å². The molecular weight excluding hydrogens is 524 g/mol. The molecule has 0 aromatic heterocycles. The molecule has 1 N–H and O–H groups in total. The Kier molecular flexibility index (Phi) is 12.9. The van der Waals surface area contributed by atoms with Crippen molar-refractivity contribution in [3.63, 3.8) is 0 Å². The van der Waals surface area contributed by atoms with E-state index >= 15 is 0 Å². The average Bonchev–Trinajstić information content (AvgIpc) is 3.24. The Morgan fingerprint density at radius 2 is 1.39 bits per heavy atom. The Hall–Kier alpha value is -1.76. The molecule has 0 radical (unpaired) electrons.